The standard InChI is InChI=1S/C10H12.C3H7NO/c1-3-9-5-7-10(4-2)8-6-9;1-2-3(4)5/h3,5-8H,1,4H2,2H3;2H2,1H3,(H2,4,5). The van der Waals surface area contributed by atoms with Crippen LogP contribution in [0.15, 0.2) is 30.8 Å². The Labute approximate surface area is 91.8 Å². The van der Waals surface area contributed by atoms with Crippen molar-refractivity contribution in [2.75, 3.05) is 0 Å². The smallest absolute Gasteiger partial charge is 0.217 e. The lowest BCUT2D eigenvalue weighted by atomic mass is 10.1. The first-order chi connectivity index (χ1) is 7.13. The van der Waals surface area contributed by atoms with Crippen molar-refractivity contribution in [2.45, 2.75) is 26.7 Å². The average Bonchev–Trinajstić information content (AvgIpc) is 2.30. The zero-order chi connectivity index (χ0) is 11.7. The molecule has 0 saturated heterocycles. The van der Waals surface area contributed by atoms with E-state index in [4.69, 9.17) is 0 Å². The van der Waals surface area contributed by atoms with E-state index in [0.29, 0.717) is 6.42 Å². The molecule has 0 spiro atoms. The molecule has 2 heteroatoms. The fraction of sp³-hybridized carbons (Fsp3) is 0.308. The molecular weight excluding hydrogens is 186 g/mol. The Hall–Kier alpha value is -1.57. The van der Waals surface area contributed by atoms with Crippen LogP contribution in [0.4, 0.5) is 0 Å². The topological polar surface area (TPSA) is 43.1 Å². The Morgan fingerprint density at radius 2 is 1.80 bits per heavy atom. The van der Waals surface area contributed by atoms with E-state index in [1.54, 1.807) is 6.92 Å². The molecule has 0 radical (unpaired) electrons. The molecule has 0 aliphatic rings. The van der Waals surface area contributed by atoms with Crippen LogP contribution < -0.4 is 5.73 Å². The zero-order valence-electron chi connectivity index (χ0n) is 9.49. The monoisotopic (exact) mass is 205 g/mol. The van der Waals surface area contributed by atoms with Crippen LogP contribution in [0, 0.1) is 0 Å². The summed E-state index contributed by atoms with van der Waals surface area (Å²) < 4.78 is 0. The molecule has 1 rings (SSSR count). The number of carbonyl (C=O) groups is 1. The third-order valence-electron chi connectivity index (χ3n) is 1.97. The van der Waals surface area contributed by atoms with Crippen LogP contribution in [-0.4, -0.2) is 5.91 Å². The molecule has 82 valence electrons. The second-order valence-corrected chi connectivity index (χ2v) is 3.12. The number of benzene rings is 1. The molecular formula is C13H19NO. The first-order valence-electron chi connectivity index (χ1n) is 5.13. The Bertz CT molecular complexity index is 301. The first-order valence-corrected chi connectivity index (χ1v) is 5.13. The molecule has 15 heavy (non-hydrogen) atoms. The molecule has 0 aliphatic carbocycles. The minimum atomic E-state index is -0.245. The third-order valence-corrected chi connectivity index (χ3v) is 1.97. The fourth-order valence-corrected chi connectivity index (χ4v) is 0.889. The summed E-state index contributed by atoms with van der Waals surface area (Å²) in [6, 6.07) is 8.45. The largest absolute Gasteiger partial charge is 0.370 e. The lowest BCUT2D eigenvalue weighted by Crippen LogP contribution is -2.06. The van der Waals surface area contributed by atoms with Gasteiger partial charge in [0.1, 0.15) is 0 Å². The molecule has 2 N–H and O–H groups in total. The zero-order valence-corrected chi connectivity index (χ0v) is 9.49. The summed E-state index contributed by atoms with van der Waals surface area (Å²) in [7, 11) is 0. The maximum Gasteiger partial charge on any atom is 0.217 e. The van der Waals surface area contributed by atoms with Crippen molar-refractivity contribution in [3.8, 4) is 0 Å². The van der Waals surface area contributed by atoms with Gasteiger partial charge in [0.25, 0.3) is 0 Å². The number of nitrogens with two attached hydrogens (primary N) is 1. The van der Waals surface area contributed by atoms with Gasteiger partial charge in [0.2, 0.25) is 5.91 Å². The third kappa shape index (κ3) is 6.49. The highest BCUT2D eigenvalue weighted by Gasteiger charge is 1.86. The molecule has 0 bridgehead atoms. The van der Waals surface area contributed by atoms with Crippen molar-refractivity contribution in [3.05, 3.63) is 42.0 Å². The van der Waals surface area contributed by atoms with Gasteiger partial charge in [-0.05, 0) is 17.5 Å². The number of primary amides is 1. The van der Waals surface area contributed by atoms with Crippen molar-refractivity contribution < 1.29 is 4.79 Å². The number of carbonyl (C=O) groups excluding carboxylic acids is 1. The molecule has 0 aliphatic heterocycles. The lowest BCUT2D eigenvalue weighted by Gasteiger charge is -1.95. The van der Waals surface area contributed by atoms with Crippen LogP contribution in [0.1, 0.15) is 31.4 Å². The lowest BCUT2D eigenvalue weighted by molar-refractivity contribution is -0.117. The van der Waals surface area contributed by atoms with Crippen molar-refractivity contribution in [1.82, 2.24) is 0 Å². The summed E-state index contributed by atoms with van der Waals surface area (Å²) in [5, 5.41) is 0. The summed E-state index contributed by atoms with van der Waals surface area (Å²) in [5.41, 5.74) is 7.22. The molecule has 0 unspecified atom stereocenters. The maximum atomic E-state index is 9.59. The van der Waals surface area contributed by atoms with Crippen LogP contribution in [0.5, 0.6) is 0 Å². The SMILES string of the molecule is C=Cc1ccc(CC)cc1.CCC(N)=O. The van der Waals surface area contributed by atoms with Crippen LogP contribution >= 0.6 is 0 Å². The second-order valence-electron chi connectivity index (χ2n) is 3.12. The molecule has 1 aromatic carbocycles. The Balaban J connectivity index is 0.000000336. The van der Waals surface area contributed by atoms with Gasteiger partial charge in [0.15, 0.2) is 0 Å². The van der Waals surface area contributed by atoms with Gasteiger partial charge in [-0.25, -0.2) is 0 Å². The molecule has 1 amide bonds. The maximum absolute atomic E-state index is 9.59. The normalized spacial score (nSPS) is 8.67. The first kappa shape index (κ1) is 13.4. The number of rotatable bonds is 3. The summed E-state index contributed by atoms with van der Waals surface area (Å²) in [6.45, 7) is 7.57. The fourth-order valence-electron chi connectivity index (χ4n) is 0.889. The Morgan fingerprint density at radius 3 is 2.07 bits per heavy atom. The molecule has 0 heterocycles. The highest BCUT2D eigenvalue weighted by molar-refractivity contribution is 5.73. The summed E-state index contributed by atoms with van der Waals surface area (Å²) in [5.74, 6) is -0.245. The summed E-state index contributed by atoms with van der Waals surface area (Å²) in [4.78, 5) is 9.59. The van der Waals surface area contributed by atoms with E-state index in [1.165, 1.54) is 11.1 Å². The van der Waals surface area contributed by atoms with Crippen molar-refractivity contribution in [3.63, 3.8) is 0 Å². The predicted molar refractivity (Wildman–Crippen MR) is 65.4 cm³/mol. The van der Waals surface area contributed by atoms with E-state index < -0.39 is 0 Å². The van der Waals surface area contributed by atoms with Gasteiger partial charge < -0.3 is 5.73 Å². The summed E-state index contributed by atoms with van der Waals surface area (Å²) >= 11 is 0. The number of amides is 1. The highest BCUT2D eigenvalue weighted by atomic mass is 16.1. The number of hydrogen-bond acceptors (Lipinski definition) is 1. The van der Waals surface area contributed by atoms with E-state index in [1.807, 2.05) is 6.08 Å². The van der Waals surface area contributed by atoms with Gasteiger partial charge >= 0.3 is 0 Å². The minimum Gasteiger partial charge on any atom is -0.370 e. The van der Waals surface area contributed by atoms with E-state index >= 15 is 0 Å². The van der Waals surface area contributed by atoms with Gasteiger partial charge in [0.05, 0.1) is 0 Å². The van der Waals surface area contributed by atoms with E-state index in [-0.39, 0.29) is 5.91 Å². The van der Waals surface area contributed by atoms with Gasteiger partial charge in [0, 0.05) is 6.42 Å². The molecule has 0 atom stereocenters. The van der Waals surface area contributed by atoms with Gasteiger partial charge in [-0.1, -0.05) is 50.8 Å². The van der Waals surface area contributed by atoms with Crippen LogP contribution in [0.3, 0.4) is 0 Å². The summed E-state index contributed by atoms with van der Waals surface area (Å²) in [6.07, 6.45) is 3.41. The number of hydrogen-bond donors (Lipinski definition) is 1. The van der Waals surface area contributed by atoms with Crippen molar-refractivity contribution >= 4 is 12.0 Å². The van der Waals surface area contributed by atoms with E-state index in [0.717, 1.165) is 6.42 Å². The number of aryl methyl sites for hydroxylation is 1. The Kier molecular flexibility index (Phi) is 6.98. The van der Waals surface area contributed by atoms with E-state index in [9.17, 15) is 4.79 Å². The van der Waals surface area contributed by atoms with Crippen LogP contribution in [0.2, 0.25) is 0 Å². The highest BCUT2D eigenvalue weighted by Crippen LogP contribution is 2.05. The van der Waals surface area contributed by atoms with Gasteiger partial charge in [-0.15, -0.1) is 0 Å². The van der Waals surface area contributed by atoms with Gasteiger partial charge in [-0.2, -0.15) is 0 Å². The van der Waals surface area contributed by atoms with Crippen LogP contribution in [-0.2, 0) is 11.2 Å². The molecule has 0 fully saturated rings. The average molecular weight is 205 g/mol. The predicted octanol–water partition coefficient (Wildman–Crippen LogP) is 2.77. The molecule has 1 aromatic rings. The van der Waals surface area contributed by atoms with Crippen molar-refractivity contribution in [2.24, 2.45) is 5.73 Å². The van der Waals surface area contributed by atoms with Crippen LogP contribution in [0.25, 0.3) is 6.08 Å². The quantitative estimate of drug-likeness (QED) is 0.810. The molecule has 0 aromatic heterocycles. The molecule has 0 saturated carbocycles. The van der Waals surface area contributed by atoms with Gasteiger partial charge in [-0.3, -0.25) is 4.79 Å². The Morgan fingerprint density at radius 1 is 1.33 bits per heavy atom. The van der Waals surface area contributed by atoms with Crippen molar-refractivity contribution in [1.29, 1.82) is 0 Å². The molecule has 2 nitrogen and oxygen atoms in total. The van der Waals surface area contributed by atoms with E-state index in [2.05, 4.69) is 43.5 Å². The second kappa shape index (κ2) is 7.80. The minimum absolute atomic E-state index is 0.245.